The standard InChI is InChI=1S/C7H9F3O4/c8-7(9,10)5-1-3(12)6(13)4(2-11)14-5/h1,3-4,6,11-13H,2H2/t3-,4-,6+/m1/s1. The fraction of sp³-hybridized carbons (Fsp3) is 0.714. The Balaban J connectivity index is 2.86. The second kappa shape index (κ2) is 3.76. The summed E-state index contributed by atoms with van der Waals surface area (Å²) >= 11 is 0. The highest BCUT2D eigenvalue weighted by molar-refractivity contribution is 5.10. The summed E-state index contributed by atoms with van der Waals surface area (Å²) in [5.74, 6) is -1.39. The predicted octanol–water partition coefficient (Wildman–Crippen LogP) is -0.455. The lowest BCUT2D eigenvalue weighted by Gasteiger charge is -2.31. The summed E-state index contributed by atoms with van der Waals surface area (Å²) in [6.45, 7) is -0.800. The summed E-state index contributed by atoms with van der Waals surface area (Å²) in [4.78, 5) is 0. The Kier molecular flexibility index (Phi) is 3.03. The minimum Gasteiger partial charge on any atom is -0.480 e. The first-order valence-electron chi connectivity index (χ1n) is 3.79. The lowest BCUT2D eigenvalue weighted by Crippen LogP contribution is -2.45. The van der Waals surface area contributed by atoms with E-state index < -0.39 is 36.9 Å². The van der Waals surface area contributed by atoms with Crippen molar-refractivity contribution < 1.29 is 33.2 Å². The molecule has 3 atom stereocenters. The van der Waals surface area contributed by atoms with Gasteiger partial charge in [-0.1, -0.05) is 0 Å². The Morgan fingerprint density at radius 1 is 1.36 bits per heavy atom. The Bertz CT molecular complexity index is 238. The van der Waals surface area contributed by atoms with Crippen molar-refractivity contribution in [1.82, 2.24) is 0 Å². The second-order valence-electron chi connectivity index (χ2n) is 2.85. The van der Waals surface area contributed by atoms with Gasteiger partial charge < -0.3 is 20.1 Å². The fourth-order valence-corrected chi connectivity index (χ4v) is 1.05. The molecule has 0 spiro atoms. The van der Waals surface area contributed by atoms with Crippen LogP contribution in [0.15, 0.2) is 11.8 Å². The molecule has 0 saturated heterocycles. The van der Waals surface area contributed by atoms with E-state index in [2.05, 4.69) is 4.74 Å². The fourth-order valence-electron chi connectivity index (χ4n) is 1.05. The third-order valence-corrected chi connectivity index (χ3v) is 1.79. The smallest absolute Gasteiger partial charge is 0.448 e. The van der Waals surface area contributed by atoms with E-state index >= 15 is 0 Å². The summed E-state index contributed by atoms with van der Waals surface area (Å²) in [6.07, 6.45) is -9.04. The molecule has 0 aromatic rings. The van der Waals surface area contributed by atoms with Gasteiger partial charge in [-0.2, -0.15) is 13.2 Å². The van der Waals surface area contributed by atoms with Gasteiger partial charge in [0, 0.05) is 0 Å². The minimum atomic E-state index is -4.73. The number of alkyl halides is 3. The molecule has 1 aliphatic rings. The first-order chi connectivity index (χ1) is 6.36. The third-order valence-electron chi connectivity index (χ3n) is 1.79. The van der Waals surface area contributed by atoms with E-state index in [-0.39, 0.29) is 0 Å². The van der Waals surface area contributed by atoms with Crippen molar-refractivity contribution in [3.63, 3.8) is 0 Å². The number of aliphatic hydroxyl groups excluding tert-OH is 3. The molecule has 1 aliphatic heterocycles. The van der Waals surface area contributed by atoms with Gasteiger partial charge in [-0.15, -0.1) is 0 Å². The molecule has 4 nitrogen and oxygen atoms in total. The quantitative estimate of drug-likeness (QED) is 0.552. The van der Waals surface area contributed by atoms with E-state index in [1.54, 1.807) is 0 Å². The molecule has 0 aromatic heterocycles. The van der Waals surface area contributed by atoms with Crippen molar-refractivity contribution in [3.05, 3.63) is 11.8 Å². The minimum absolute atomic E-state index is 0.372. The highest BCUT2D eigenvalue weighted by Gasteiger charge is 2.43. The lowest BCUT2D eigenvalue weighted by molar-refractivity contribution is -0.173. The van der Waals surface area contributed by atoms with Gasteiger partial charge in [-0.3, -0.25) is 0 Å². The summed E-state index contributed by atoms with van der Waals surface area (Å²) in [5.41, 5.74) is 0. The van der Waals surface area contributed by atoms with Crippen LogP contribution in [0, 0.1) is 0 Å². The molecule has 0 fully saturated rings. The maximum absolute atomic E-state index is 12.1. The summed E-state index contributed by atoms with van der Waals surface area (Å²) in [6, 6.07) is 0. The number of allylic oxidation sites excluding steroid dienone is 1. The summed E-state index contributed by atoms with van der Waals surface area (Å²) in [5, 5.41) is 26.6. The number of ether oxygens (including phenoxy) is 1. The molecule has 0 saturated carbocycles. The Hall–Kier alpha value is -0.790. The monoisotopic (exact) mass is 214 g/mol. The maximum Gasteiger partial charge on any atom is 0.448 e. The predicted molar refractivity (Wildman–Crippen MR) is 38.1 cm³/mol. The normalized spacial score (nSPS) is 33.6. The molecule has 7 heteroatoms. The van der Waals surface area contributed by atoms with Crippen molar-refractivity contribution in [1.29, 1.82) is 0 Å². The second-order valence-corrected chi connectivity index (χ2v) is 2.85. The molecular weight excluding hydrogens is 205 g/mol. The largest absolute Gasteiger partial charge is 0.480 e. The van der Waals surface area contributed by atoms with Crippen molar-refractivity contribution in [3.8, 4) is 0 Å². The molecule has 0 unspecified atom stereocenters. The highest BCUT2D eigenvalue weighted by atomic mass is 19.4. The zero-order valence-corrected chi connectivity index (χ0v) is 6.90. The van der Waals surface area contributed by atoms with Crippen LogP contribution < -0.4 is 0 Å². The van der Waals surface area contributed by atoms with E-state index in [0.29, 0.717) is 6.08 Å². The SMILES string of the molecule is OC[C@H]1OC(C(F)(F)F)=C[C@@H](O)[C@@H]1O. The van der Waals surface area contributed by atoms with Crippen molar-refractivity contribution >= 4 is 0 Å². The van der Waals surface area contributed by atoms with Gasteiger partial charge in [0.1, 0.15) is 12.2 Å². The molecule has 3 N–H and O–H groups in total. The Morgan fingerprint density at radius 3 is 2.36 bits per heavy atom. The van der Waals surface area contributed by atoms with Gasteiger partial charge in [0.25, 0.3) is 0 Å². The Morgan fingerprint density at radius 2 is 1.93 bits per heavy atom. The molecule has 82 valence electrons. The molecule has 0 radical (unpaired) electrons. The zero-order chi connectivity index (χ0) is 10.9. The van der Waals surface area contributed by atoms with Crippen LogP contribution in [0.5, 0.6) is 0 Å². The average molecular weight is 214 g/mol. The van der Waals surface area contributed by atoms with Crippen molar-refractivity contribution in [2.75, 3.05) is 6.61 Å². The maximum atomic E-state index is 12.1. The van der Waals surface area contributed by atoms with E-state index in [1.165, 1.54) is 0 Å². The van der Waals surface area contributed by atoms with Gasteiger partial charge in [-0.25, -0.2) is 0 Å². The first kappa shape index (κ1) is 11.3. The number of aliphatic hydroxyl groups is 3. The number of rotatable bonds is 1. The van der Waals surface area contributed by atoms with Crippen LogP contribution in [0.2, 0.25) is 0 Å². The van der Waals surface area contributed by atoms with Crippen LogP contribution >= 0.6 is 0 Å². The van der Waals surface area contributed by atoms with Crippen LogP contribution in [0.4, 0.5) is 13.2 Å². The molecular formula is C7H9F3O4. The lowest BCUT2D eigenvalue weighted by atomic mass is 10.0. The van der Waals surface area contributed by atoms with Crippen LogP contribution in [0.25, 0.3) is 0 Å². The summed E-state index contributed by atoms with van der Waals surface area (Å²) < 4.78 is 40.5. The van der Waals surface area contributed by atoms with Crippen molar-refractivity contribution in [2.45, 2.75) is 24.5 Å². The molecule has 1 rings (SSSR count). The van der Waals surface area contributed by atoms with Crippen molar-refractivity contribution in [2.24, 2.45) is 0 Å². The van der Waals surface area contributed by atoms with Gasteiger partial charge >= 0.3 is 6.18 Å². The van der Waals surface area contributed by atoms with Gasteiger partial charge in [-0.05, 0) is 6.08 Å². The van der Waals surface area contributed by atoms with E-state index in [4.69, 9.17) is 15.3 Å². The topological polar surface area (TPSA) is 69.9 Å². The zero-order valence-electron chi connectivity index (χ0n) is 6.90. The first-order valence-corrected chi connectivity index (χ1v) is 3.79. The molecule has 0 bridgehead atoms. The van der Waals surface area contributed by atoms with Crippen LogP contribution in [-0.2, 0) is 4.74 Å². The third kappa shape index (κ3) is 2.17. The number of halogens is 3. The molecule has 0 aromatic carbocycles. The average Bonchev–Trinajstić information content (AvgIpc) is 2.07. The van der Waals surface area contributed by atoms with Crippen LogP contribution in [-0.4, -0.2) is 46.4 Å². The van der Waals surface area contributed by atoms with Crippen LogP contribution in [0.3, 0.4) is 0 Å². The van der Waals surface area contributed by atoms with E-state index in [1.807, 2.05) is 0 Å². The van der Waals surface area contributed by atoms with Crippen LogP contribution in [0.1, 0.15) is 0 Å². The molecule has 14 heavy (non-hydrogen) atoms. The number of hydrogen-bond acceptors (Lipinski definition) is 4. The highest BCUT2D eigenvalue weighted by Crippen LogP contribution is 2.31. The summed E-state index contributed by atoms with van der Waals surface area (Å²) in [7, 11) is 0. The van der Waals surface area contributed by atoms with Gasteiger partial charge in [0.05, 0.1) is 6.61 Å². The Labute approximate surface area is 77.2 Å². The number of hydrogen-bond donors (Lipinski definition) is 3. The van der Waals surface area contributed by atoms with E-state index in [0.717, 1.165) is 0 Å². The molecule has 0 aliphatic carbocycles. The van der Waals surface area contributed by atoms with Gasteiger partial charge in [0.15, 0.2) is 11.9 Å². The van der Waals surface area contributed by atoms with Gasteiger partial charge in [0.2, 0.25) is 0 Å². The molecule has 1 heterocycles. The van der Waals surface area contributed by atoms with E-state index in [9.17, 15) is 13.2 Å². The molecule has 0 amide bonds.